The molecule has 13 heteroatoms. The number of rotatable bonds is 12. The van der Waals surface area contributed by atoms with E-state index in [0.29, 0.717) is 38.2 Å². The van der Waals surface area contributed by atoms with Crippen molar-refractivity contribution in [2.75, 3.05) is 34.4 Å². The minimum Gasteiger partial charge on any atom is -0.493 e. The summed E-state index contributed by atoms with van der Waals surface area (Å²) in [5.41, 5.74) is 1.53. The maximum absolute atomic E-state index is 12.9. The molecule has 2 aliphatic heterocycles. The van der Waals surface area contributed by atoms with Crippen molar-refractivity contribution in [1.29, 1.82) is 0 Å². The van der Waals surface area contributed by atoms with Crippen molar-refractivity contribution in [2.24, 2.45) is 22.9 Å². The summed E-state index contributed by atoms with van der Waals surface area (Å²) in [4.78, 5) is 37.2. The van der Waals surface area contributed by atoms with Crippen molar-refractivity contribution in [1.82, 2.24) is 9.88 Å². The number of ether oxygens (including phenoxy) is 5. The molecule has 0 radical (unpaired) electrons. The Morgan fingerprint density at radius 2 is 1.87 bits per heavy atom. The van der Waals surface area contributed by atoms with Crippen molar-refractivity contribution < 1.29 is 48.3 Å². The molecular formula is C41H59N3O10. The zero-order valence-electron chi connectivity index (χ0n) is 32.7. The van der Waals surface area contributed by atoms with Gasteiger partial charge in [0.05, 0.1) is 42.6 Å². The van der Waals surface area contributed by atoms with Gasteiger partial charge in [-0.05, 0) is 70.6 Å². The van der Waals surface area contributed by atoms with Crippen LogP contribution in [0.15, 0.2) is 66.0 Å². The molecular weight excluding hydrogens is 694 g/mol. The Hall–Kier alpha value is -3.72. The fraction of sp³-hybridized carbons (Fsp3) is 0.610. The highest BCUT2D eigenvalue weighted by Crippen LogP contribution is 2.34. The molecule has 3 heterocycles. The number of carbonyl (C=O) groups is 2. The molecule has 0 bridgehead atoms. The number of pyridine rings is 1. The summed E-state index contributed by atoms with van der Waals surface area (Å²) < 4.78 is 30.2. The molecule has 0 amide bonds. The minimum atomic E-state index is -1.35. The molecule has 0 aliphatic carbocycles. The number of benzene rings is 1. The Morgan fingerprint density at radius 3 is 2.61 bits per heavy atom. The number of allylic oxidation sites excluding steroid dienone is 3. The van der Waals surface area contributed by atoms with E-state index in [1.165, 1.54) is 7.11 Å². The van der Waals surface area contributed by atoms with Crippen LogP contribution >= 0.6 is 0 Å². The van der Waals surface area contributed by atoms with Gasteiger partial charge in [-0.2, -0.15) is 0 Å². The van der Waals surface area contributed by atoms with E-state index >= 15 is 0 Å². The number of nitrogens with zero attached hydrogens (tertiary/aromatic N) is 3. The van der Waals surface area contributed by atoms with E-state index in [4.69, 9.17) is 28.5 Å². The van der Waals surface area contributed by atoms with Gasteiger partial charge >= 0.3 is 5.97 Å². The predicted octanol–water partition coefficient (Wildman–Crippen LogP) is 4.88. The average molecular weight is 754 g/mol. The summed E-state index contributed by atoms with van der Waals surface area (Å²) in [5, 5.41) is 28.5. The molecule has 298 valence electrons. The van der Waals surface area contributed by atoms with E-state index in [9.17, 15) is 19.8 Å². The quantitative estimate of drug-likeness (QED) is 0.131. The Bertz CT molecular complexity index is 1570. The summed E-state index contributed by atoms with van der Waals surface area (Å²) in [6, 6.07) is 9.36. The summed E-state index contributed by atoms with van der Waals surface area (Å²) in [6.45, 7) is 8.41. The van der Waals surface area contributed by atoms with Crippen molar-refractivity contribution in [3.63, 3.8) is 0 Å². The van der Waals surface area contributed by atoms with Gasteiger partial charge in [0.15, 0.2) is 6.29 Å². The molecule has 0 saturated carbocycles. The van der Waals surface area contributed by atoms with E-state index in [1.54, 1.807) is 13.1 Å². The number of aliphatic hydroxyl groups excluding tert-OH is 2. The summed E-state index contributed by atoms with van der Waals surface area (Å²) in [6.07, 6.45) is 4.78. The number of carbonyl (C=O) groups excluding carboxylic acids is 2. The molecule has 2 aliphatic rings. The molecule has 1 fully saturated rings. The van der Waals surface area contributed by atoms with E-state index in [2.05, 4.69) is 10.1 Å². The van der Waals surface area contributed by atoms with Gasteiger partial charge in [-0.1, -0.05) is 43.3 Å². The van der Waals surface area contributed by atoms with Crippen LogP contribution in [0.3, 0.4) is 0 Å². The molecule has 2 aromatic rings. The lowest BCUT2D eigenvalue weighted by atomic mass is 9.82. The fourth-order valence-corrected chi connectivity index (χ4v) is 7.21. The normalized spacial score (nSPS) is 33.6. The predicted molar refractivity (Wildman–Crippen MR) is 205 cm³/mol. The molecule has 1 aromatic carbocycles. The third-order valence-electron chi connectivity index (χ3n) is 10.2. The van der Waals surface area contributed by atoms with Gasteiger partial charge in [0.25, 0.3) is 0 Å². The van der Waals surface area contributed by atoms with Gasteiger partial charge in [-0.3, -0.25) is 9.78 Å². The summed E-state index contributed by atoms with van der Waals surface area (Å²) >= 11 is 0. The van der Waals surface area contributed by atoms with Gasteiger partial charge < -0.3 is 48.4 Å². The van der Waals surface area contributed by atoms with Crippen molar-refractivity contribution >= 4 is 28.9 Å². The van der Waals surface area contributed by atoms with Crippen LogP contribution in [0.4, 0.5) is 0 Å². The summed E-state index contributed by atoms with van der Waals surface area (Å²) in [7, 11) is 5.19. The number of aliphatic hydroxyl groups is 2. The van der Waals surface area contributed by atoms with Crippen molar-refractivity contribution in [3.8, 4) is 5.75 Å². The first kappa shape index (κ1) is 43.0. The molecule has 0 spiro atoms. The van der Waals surface area contributed by atoms with Gasteiger partial charge in [0.1, 0.15) is 37.0 Å². The Morgan fingerprint density at radius 1 is 1.07 bits per heavy atom. The van der Waals surface area contributed by atoms with Gasteiger partial charge in [0, 0.05) is 55.8 Å². The maximum Gasteiger partial charge on any atom is 0.308 e. The SMILES string of the molecule is CO[C@@H]1[C@@H](OC2OC(C)C(C)C(N(C)C)C2O)[C@@H](CC=O)C[C@@H](C)C(=N/OCCCOc2ccc3ncccc3c2)/C=C/C=C/C[C@@H](C)OC(=O)C[C@H]1O. The first-order valence-electron chi connectivity index (χ1n) is 18.9. The molecule has 4 rings (SSSR count). The summed E-state index contributed by atoms with van der Waals surface area (Å²) in [5.74, 6) is -0.673. The molecule has 11 atom stereocenters. The fourth-order valence-electron chi connectivity index (χ4n) is 7.21. The molecule has 54 heavy (non-hydrogen) atoms. The van der Waals surface area contributed by atoms with Crippen molar-refractivity contribution in [3.05, 3.63) is 60.8 Å². The second-order valence-electron chi connectivity index (χ2n) is 14.6. The third-order valence-corrected chi connectivity index (χ3v) is 10.2. The highest BCUT2D eigenvalue weighted by atomic mass is 16.7. The van der Waals surface area contributed by atoms with Crippen LogP contribution in [0.1, 0.15) is 59.8 Å². The van der Waals surface area contributed by atoms with E-state index < -0.39 is 48.7 Å². The van der Waals surface area contributed by atoms with Gasteiger partial charge in [-0.25, -0.2) is 0 Å². The van der Waals surface area contributed by atoms with Crippen LogP contribution in [0.2, 0.25) is 0 Å². The number of hydrogen-bond acceptors (Lipinski definition) is 13. The smallest absolute Gasteiger partial charge is 0.308 e. The highest BCUT2D eigenvalue weighted by Gasteiger charge is 2.47. The number of methoxy groups -OCH3 is 1. The van der Waals surface area contributed by atoms with E-state index in [0.717, 1.165) is 22.9 Å². The maximum atomic E-state index is 12.9. The van der Waals surface area contributed by atoms with Crippen molar-refractivity contribution in [2.45, 2.75) is 109 Å². The lowest BCUT2D eigenvalue weighted by molar-refractivity contribution is -0.301. The molecule has 2 N–H and O–H groups in total. The van der Waals surface area contributed by atoms with E-state index in [1.807, 2.05) is 94.4 Å². The van der Waals surface area contributed by atoms with Crippen LogP contribution in [0.5, 0.6) is 5.75 Å². The topological polar surface area (TPSA) is 158 Å². The monoisotopic (exact) mass is 753 g/mol. The number of aromatic nitrogens is 1. The molecule has 1 aromatic heterocycles. The third kappa shape index (κ3) is 12.1. The number of hydrogen-bond donors (Lipinski definition) is 2. The minimum absolute atomic E-state index is 0.0133. The van der Waals surface area contributed by atoms with Crippen LogP contribution in [-0.2, 0) is 33.4 Å². The largest absolute Gasteiger partial charge is 0.493 e. The highest BCUT2D eigenvalue weighted by molar-refractivity contribution is 5.96. The Balaban J connectivity index is 1.56. The van der Waals surface area contributed by atoms with Crippen LogP contribution in [-0.4, -0.2) is 121 Å². The number of aldehydes is 1. The standard InChI is InChI=1S/C41H59N3O10/c1-26-23-31(18-20-45)39(54-41-38(48)37(44(5)6)28(3)29(4)53-41)40(49-7)35(46)25-36(47)52-27(2)13-9-8-10-15-33(26)43-51-22-12-21-50-32-16-17-34-30(24-32)14-11-19-42-34/h8-11,14-17,19-20,24,26-29,31,35,37-41,46,48H,12-13,18,21-23,25H2,1-7H3/b9-8+,15-10+,43-33+/t26-,27-,28?,29?,31+,35-,37?,38?,39+,40+,41?/m1/s1. The Labute approximate surface area is 319 Å². The van der Waals surface area contributed by atoms with E-state index in [-0.39, 0.29) is 36.8 Å². The van der Waals surface area contributed by atoms with Crippen LogP contribution in [0, 0.1) is 17.8 Å². The second-order valence-corrected chi connectivity index (χ2v) is 14.6. The number of fused-ring (bicyclic) bond motifs is 1. The zero-order chi connectivity index (χ0) is 39.2. The van der Waals surface area contributed by atoms with Crippen LogP contribution in [0.25, 0.3) is 10.9 Å². The lowest BCUT2D eigenvalue weighted by Gasteiger charge is -2.47. The first-order valence-corrected chi connectivity index (χ1v) is 18.9. The molecule has 1 saturated heterocycles. The van der Waals surface area contributed by atoms with Crippen LogP contribution < -0.4 is 4.74 Å². The first-order chi connectivity index (χ1) is 25.9. The Kier molecular flexibility index (Phi) is 17.0. The second kappa shape index (κ2) is 21.4. The number of oxime groups is 1. The average Bonchev–Trinajstić information content (AvgIpc) is 3.13. The number of likely N-dealkylation sites (N-methyl/N-ethyl adjacent to an activating group) is 1. The van der Waals surface area contributed by atoms with Gasteiger partial charge in [0.2, 0.25) is 0 Å². The van der Waals surface area contributed by atoms with Gasteiger partial charge in [-0.15, -0.1) is 0 Å². The number of esters is 1. The molecule has 5 unspecified atom stereocenters. The number of cyclic esters (lactones) is 1. The lowest BCUT2D eigenvalue weighted by Crippen LogP contribution is -2.60. The molecule has 13 nitrogen and oxygen atoms in total. The zero-order valence-corrected chi connectivity index (χ0v) is 32.7.